The molecule has 1 atom stereocenters. The number of hydrogen-bond acceptors (Lipinski definition) is 4. The fourth-order valence-electron chi connectivity index (χ4n) is 2.81. The standard InChI is InChI=1S/C20H23N2O3P/c1-3-25-26(23,15-13-16-9-11-18(24-2)12-10-16)22-19-8-4-6-17-7-5-14-21-20(17)19/h4-12,14H,3,13,15H2,1-2H3,(H,22,23). The molecule has 3 aromatic rings. The van der Waals surface area contributed by atoms with E-state index in [-0.39, 0.29) is 0 Å². The predicted octanol–water partition coefficient (Wildman–Crippen LogP) is 5.13. The number of methoxy groups -OCH3 is 1. The second kappa shape index (κ2) is 8.35. The number of aromatic nitrogens is 1. The molecule has 0 radical (unpaired) electrons. The largest absolute Gasteiger partial charge is 0.497 e. The summed E-state index contributed by atoms with van der Waals surface area (Å²) >= 11 is 0. The van der Waals surface area contributed by atoms with Crippen LogP contribution in [0.3, 0.4) is 0 Å². The first kappa shape index (κ1) is 18.4. The van der Waals surface area contributed by atoms with E-state index in [0.717, 1.165) is 27.9 Å². The Bertz CT molecular complexity index is 907. The monoisotopic (exact) mass is 370 g/mol. The van der Waals surface area contributed by atoms with Crippen molar-refractivity contribution in [2.75, 3.05) is 25.0 Å². The predicted molar refractivity (Wildman–Crippen MR) is 106 cm³/mol. The molecule has 1 heterocycles. The number of para-hydroxylation sites is 1. The topological polar surface area (TPSA) is 60.5 Å². The van der Waals surface area contributed by atoms with Gasteiger partial charge in [-0.3, -0.25) is 9.55 Å². The van der Waals surface area contributed by atoms with Crippen molar-refractivity contribution in [2.24, 2.45) is 0 Å². The number of benzene rings is 2. The molecule has 1 unspecified atom stereocenters. The molecule has 0 aliphatic heterocycles. The van der Waals surface area contributed by atoms with Crippen LogP contribution in [0.5, 0.6) is 5.75 Å². The van der Waals surface area contributed by atoms with Crippen LogP contribution in [0.1, 0.15) is 12.5 Å². The highest BCUT2D eigenvalue weighted by Crippen LogP contribution is 2.48. The first-order valence-corrected chi connectivity index (χ1v) is 10.4. The van der Waals surface area contributed by atoms with Crippen molar-refractivity contribution in [3.05, 3.63) is 66.4 Å². The lowest BCUT2D eigenvalue weighted by atomic mass is 10.2. The van der Waals surface area contributed by atoms with Crippen LogP contribution >= 0.6 is 7.52 Å². The Balaban J connectivity index is 1.79. The minimum atomic E-state index is -3.05. The molecule has 0 saturated carbocycles. The van der Waals surface area contributed by atoms with Gasteiger partial charge in [0.05, 0.1) is 24.9 Å². The normalized spacial score (nSPS) is 13.3. The fourth-order valence-corrected chi connectivity index (χ4v) is 4.63. The van der Waals surface area contributed by atoms with Gasteiger partial charge in [0.15, 0.2) is 0 Å². The van der Waals surface area contributed by atoms with Crippen molar-refractivity contribution in [1.29, 1.82) is 0 Å². The molecule has 3 rings (SSSR count). The van der Waals surface area contributed by atoms with Gasteiger partial charge in [0.2, 0.25) is 0 Å². The number of pyridine rings is 1. The Morgan fingerprint density at radius 2 is 1.85 bits per heavy atom. The molecule has 2 aromatic carbocycles. The van der Waals surface area contributed by atoms with Crippen LogP contribution in [-0.2, 0) is 15.5 Å². The smallest absolute Gasteiger partial charge is 0.294 e. The minimum Gasteiger partial charge on any atom is -0.497 e. The third kappa shape index (κ3) is 4.43. The summed E-state index contributed by atoms with van der Waals surface area (Å²) in [6, 6.07) is 17.4. The third-order valence-electron chi connectivity index (χ3n) is 4.12. The lowest BCUT2D eigenvalue weighted by molar-refractivity contribution is 0.337. The number of aryl methyl sites for hydroxylation is 1. The molecule has 0 amide bonds. The van der Waals surface area contributed by atoms with E-state index in [1.807, 2.05) is 61.5 Å². The van der Waals surface area contributed by atoms with Gasteiger partial charge in [0.1, 0.15) is 5.75 Å². The van der Waals surface area contributed by atoms with Crippen molar-refractivity contribution in [2.45, 2.75) is 13.3 Å². The Morgan fingerprint density at radius 3 is 2.58 bits per heavy atom. The summed E-state index contributed by atoms with van der Waals surface area (Å²) in [6.45, 7) is 2.23. The van der Waals surface area contributed by atoms with Crippen molar-refractivity contribution < 1.29 is 13.8 Å². The first-order valence-electron chi connectivity index (χ1n) is 8.62. The summed E-state index contributed by atoms with van der Waals surface area (Å²) in [6.07, 6.45) is 2.78. The van der Waals surface area contributed by atoms with Crippen LogP contribution in [0.15, 0.2) is 60.8 Å². The second-order valence-corrected chi connectivity index (χ2v) is 8.18. The number of nitrogens with one attached hydrogen (secondary N) is 1. The highest BCUT2D eigenvalue weighted by atomic mass is 31.2. The van der Waals surface area contributed by atoms with Gasteiger partial charge in [-0.25, -0.2) is 0 Å². The summed E-state index contributed by atoms with van der Waals surface area (Å²) in [5, 5.41) is 4.13. The van der Waals surface area contributed by atoms with E-state index in [4.69, 9.17) is 9.26 Å². The van der Waals surface area contributed by atoms with Crippen molar-refractivity contribution >= 4 is 24.1 Å². The summed E-state index contributed by atoms with van der Waals surface area (Å²) in [7, 11) is -1.41. The first-order chi connectivity index (χ1) is 12.6. The summed E-state index contributed by atoms with van der Waals surface area (Å²) in [4.78, 5) is 4.41. The Hall–Kier alpha value is -2.36. The molecule has 5 nitrogen and oxygen atoms in total. The zero-order valence-corrected chi connectivity index (χ0v) is 15.9. The molecule has 0 fully saturated rings. The van der Waals surface area contributed by atoms with Gasteiger partial charge in [-0.2, -0.15) is 0 Å². The summed E-state index contributed by atoms with van der Waals surface area (Å²) < 4.78 is 24.2. The SMILES string of the molecule is CCOP(=O)(CCc1ccc(OC)cc1)Nc1cccc2cccnc12. The van der Waals surface area contributed by atoms with Gasteiger partial charge in [-0.1, -0.05) is 30.3 Å². The van der Waals surface area contributed by atoms with Gasteiger partial charge in [0.25, 0.3) is 7.52 Å². The van der Waals surface area contributed by atoms with E-state index in [1.54, 1.807) is 13.3 Å². The number of rotatable bonds is 8. The van der Waals surface area contributed by atoms with Crippen molar-refractivity contribution in [1.82, 2.24) is 4.98 Å². The van der Waals surface area contributed by atoms with E-state index in [9.17, 15) is 4.57 Å². The van der Waals surface area contributed by atoms with E-state index in [2.05, 4.69) is 10.1 Å². The molecule has 0 saturated heterocycles. The van der Waals surface area contributed by atoms with E-state index >= 15 is 0 Å². The molecule has 0 aliphatic carbocycles. The van der Waals surface area contributed by atoms with E-state index in [1.165, 1.54) is 0 Å². The maximum atomic E-state index is 13.3. The van der Waals surface area contributed by atoms with Gasteiger partial charge in [0, 0.05) is 17.7 Å². The zero-order chi connectivity index (χ0) is 18.4. The molecule has 0 aliphatic rings. The number of nitrogens with zero attached hydrogens (tertiary/aromatic N) is 1. The minimum absolute atomic E-state index is 0.380. The summed E-state index contributed by atoms with van der Waals surface area (Å²) in [5.41, 5.74) is 2.61. The molecule has 0 spiro atoms. The van der Waals surface area contributed by atoms with Crippen LogP contribution in [0.25, 0.3) is 10.9 Å². The Morgan fingerprint density at radius 1 is 1.08 bits per heavy atom. The average molecular weight is 370 g/mol. The Labute approximate surface area is 153 Å². The van der Waals surface area contributed by atoms with Crippen LogP contribution in [0.2, 0.25) is 0 Å². The van der Waals surface area contributed by atoms with Gasteiger partial charge < -0.3 is 14.3 Å². The van der Waals surface area contributed by atoms with E-state index < -0.39 is 7.52 Å². The fraction of sp³-hybridized carbons (Fsp3) is 0.250. The van der Waals surface area contributed by atoms with Crippen LogP contribution in [0.4, 0.5) is 5.69 Å². The molecule has 26 heavy (non-hydrogen) atoms. The maximum absolute atomic E-state index is 13.3. The number of fused-ring (bicyclic) bond motifs is 1. The average Bonchev–Trinajstić information content (AvgIpc) is 2.67. The Kier molecular flexibility index (Phi) is 5.92. The van der Waals surface area contributed by atoms with Crippen LogP contribution in [0, 0.1) is 0 Å². The van der Waals surface area contributed by atoms with Crippen molar-refractivity contribution in [3.8, 4) is 5.75 Å². The molecule has 6 heteroatoms. The van der Waals surface area contributed by atoms with E-state index in [0.29, 0.717) is 19.2 Å². The number of anilines is 1. The maximum Gasteiger partial charge on any atom is 0.294 e. The lowest BCUT2D eigenvalue weighted by Gasteiger charge is -2.21. The number of ether oxygens (including phenoxy) is 1. The molecule has 1 aromatic heterocycles. The lowest BCUT2D eigenvalue weighted by Crippen LogP contribution is -2.08. The van der Waals surface area contributed by atoms with Crippen LogP contribution in [-0.4, -0.2) is 24.9 Å². The second-order valence-electron chi connectivity index (χ2n) is 5.91. The van der Waals surface area contributed by atoms with Crippen LogP contribution < -0.4 is 9.82 Å². The molecule has 136 valence electrons. The molecular formula is C20H23N2O3P. The van der Waals surface area contributed by atoms with Crippen molar-refractivity contribution in [3.63, 3.8) is 0 Å². The number of hydrogen-bond donors (Lipinski definition) is 1. The molecule has 0 bridgehead atoms. The van der Waals surface area contributed by atoms with Gasteiger partial charge >= 0.3 is 0 Å². The van der Waals surface area contributed by atoms with Gasteiger partial charge in [-0.05, 0) is 43.2 Å². The highest BCUT2D eigenvalue weighted by molar-refractivity contribution is 7.60. The molecular weight excluding hydrogens is 347 g/mol. The summed E-state index contributed by atoms with van der Waals surface area (Å²) in [5.74, 6) is 0.807. The zero-order valence-electron chi connectivity index (χ0n) is 15.0. The quantitative estimate of drug-likeness (QED) is 0.557. The highest BCUT2D eigenvalue weighted by Gasteiger charge is 2.23. The third-order valence-corrected chi connectivity index (χ3v) is 6.18. The molecule has 1 N–H and O–H groups in total. The van der Waals surface area contributed by atoms with Gasteiger partial charge in [-0.15, -0.1) is 0 Å².